The van der Waals surface area contributed by atoms with Crippen LogP contribution in [0.5, 0.6) is 0 Å². The van der Waals surface area contributed by atoms with Crippen LogP contribution in [-0.4, -0.2) is 30.6 Å². The highest BCUT2D eigenvalue weighted by molar-refractivity contribution is 5.85. The first-order valence-electron chi connectivity index (χ1n) is 10.1. The summed E-state index contributed by atoms with van der Waals surface area (Å²) in [6, 6.07) is 1.40. The predicted octanol–water partition coefficient (Wildman–Crippen LogP) is 2.63. The van der Waals surface area contributed by atoms with Crippen LogP contribution in [0, 0.1) is 0 Å². The minimum atomic E-state index is -0.170. The fraction of sp³-hybridized carbons (Fsp3) is 0.450. The van der Waals surface area contributed by atoms with Crippen LogP contribution >= 0.6 is 0 Å². The van der Waals surface area contributed by atoms with Crippen molar-refractivity contribution in [3.63, 3.8) is 0 Å². The molecule has 0 radical (unpaired) electrons. The van der Waals surface area contributed by atoms with E-state index in [0.717, 1.165) is 36.7 Å². The van der Waals surface area contributed by atoms with Gasteiger partial charge in [-0.3, -0.25) is 15.0 Å². The van der Waals surface area contributed by atoms with E-state index in [-0.39, 0.29) is 11.1 Å². The Labute approximate surface area is 167 Å². The minimum absolute atomic E-state index is 0.0191. The lowest BCUT2D eigenvalue weighted by atomic mass is 9.96. The first-order chi connectivity index (χ1) is 14.2. The van der Waals surface area contributed by atoms with Gasteiger partial charge in [-0.05, 0) is 56.9 Å². The molecule has 0 bridgehead atoms. The molecule has 3 heterocycles. The lowest BCUT2D eigenvalue weighted by Gasteiger charge is -2.11. The highest BCUT2D eigenvalue weighted by Gasteiger charge is 2.17. The maximum Gasteiger partial charge on any atom is 0.260 e. The molecule has 2 aliphatic carbocycles. The molecular weight excluding hydrogens is 370 g/mol. The second-order valence-electron chi connectivity index (χ2n) is 7.39. The van der Waals surface area contributed by atoms with Gasteiger partial charge in [0, 0.05) is 17.5 Å². The molecule has 3 aromatic heterocycles. The smallest absolute Gasteiger partial charge is 0.260 e. The first kappa shape index (κ1) is 19.1. The number of H-pyrrole nitrogens is 3. The van der Waals surface area contributed by atoms with Crippen molar-refractivity contribution in [1.29, 1.82) is 0 Å². The third-order valence-corrected chi connectivity index (χ3v) is 5.33. The topological polar surface area (TPSA) is 132 Å². The van der Waals surface area contributed by atoms with Crippen LogP contribution in [0.1, 0.15) is 56.2 Å². The summed E-state index contributed by atoms with van der Waals surface area (Å²) in [5, 5.41) is 5.01. The average molecular weight is 395 g/mol. The normalized spacial score (nSPS) is 15.9. The van der Waals surface area contributed by atoms with E-state index in [0.29, 0.717) is 5.82 Å². The van der Waals surface area contributed by atoms with Gasteiger partial charge in [0.2, 0.25) is 0 Å². The van der Waals surface area contributed by atoms with Crippen molar-refractivity contribution < 1.29 is 0 Å². The SMILES string of the molecule is O=c1[nH]cnc2[nH]c3c(c12)CCCC3.O=c1cc(NN=C2CCCCC2)nc[nH]1. The summed E-state index contributed by atoms with van der Waals surface area (Å²) >= 11 is 0. The number of hydrogen-bond donors (Lipinski definition) is 4. The molecule has 0 saturated heterocycles. The molecule has 0 atom stereocenters. The Kier molecular flexibility index (Phi) is 5.83. The molecule has 152 valence electrons. The average Bonchev–Trinajstić information content (AvgIpc) is 3.13. The summed E-state index contributed by atoms with van der Waals surface area (Å²) in [4.78, 5) is 38.9. The van der Waals surface area contributed by atoms with E-state index < -0.39 is 0 Å². The summed E-state index contributed by atoms with van der Waals surface area (Å²) in [6.45, 7) is 0. The number of aryl methyl sites for hydroxylation is 2. The molecule has 5 rings (SSSR count). The number of hydrazone groups is 1. The highest BCUT2D eigenvalue weighted by Crippen LogP contribution is 2.25. The molecule has 0 amide bonds. The second-order valence-corrected chi connectivity index (χ2v) is 7.39. The van der Waals surface area contributed by atoms with E-state index in [1.807, 2.05) is 0 Å². The van der Waals surface area contributed by atoms with Crippen LogP contribution in [0.4, 0.5) is 5.82 Å². The van der Waals surface area contributed by atoms with Crippen molar-refractivity contribution in [2.45, 2.75) is 57.8 Å². The van der Waals surface area contributed by atoms with Crippen molar-refractivity contribution in [2.75, 3.05) is 5.43 Å². The van der Waals surface area contributed by atoms with E-state index >= 15 is 0 Å². The number of hydrogen-bond acceptors (Lipinski definition) is 6. The van der Waals surface area contributed by atoms with Crippen molar-refractivity contribution >= 4 is 22.6 Å². The van der Waals surface area contributed by atoms with E-state index in [4.69, 9.17) is 0 Å². The Morgan fingerprint density at radius 2 is 1.66 bits per heavy atom. The van der Waals surface area contributed by atoms with Gasteiger partial charge in [-0.2, -0.15) is 5.10 Å². The van der Waals surface area contributed by atoms with Crippen LogP contribution < -0.4 is 16.5 Å². The van der Waals surface area contributed by atoms with Gasteiger partial charge in [0.25, 0.3) is 11.1 Å². The zero-order valence-corrected chi connectivity index (χ0v) is 16.3. The Morgan fingerprint density at radius 3 is 2.48 bits per heavy atom. The maximum atomic E-state index is 11.6. The largest absolute Gasteiger partial charge is 0.343 e. The maximum absolute atomic E-state index is 11.6. The van der Waals surface area contributed by atoms with Crippen LogP contribution in [0.2, 0.25) is 0 Å². The Bertz CT molecular complexity index is 1120. The Hall–Kier alpha value is -3.23. The lowest BCUT2D eigenvalue weighted by Crippen LogP contribution is -2.10. The Balaban J connectivity index is 0.000000141. The predicted molar refractivity (Wildman–Crippen MR) is 112 cm³/mol. The van der Waals surface area contributed by atoms with Gasteiger partial charge in [0.05, 0.1) is 18.0 Å². The molecule has 3 aromatic rings. The number of nitrogens with one attached hydrogen (secondary N) is 4. The molecule has 9 nitrogen and oxygen atoms in total. The number of rotatable bonds is 2. The molecule has 0 spiro atoms. The van der Waals surface area contributed by atoms with Crippen molar-refractivity contribution in [3.05, 3.63) is 50.7 Å². The first-order valence-corrected chi connectivity index (χ1v) is 10.1. The van der Waals surface area contributed by atoms with Crippen molar-refractivity contribution in [1.82, 2.24) is 24.9 Å². The van der Waals surface area contributed by atoms with Crippen LogP contribution in [-0.2, 0) is 12.8 Å². The Morgan fingerprint density at radius 1 is 0.897 bits per heavy atom. The van der Waals surface area contributed by atoms with E-state index in [2.05, 4.69) is 35.4 Å². The van der Waals surface area contributed by atoms with Crippen molar-refractivity contribution in [3.8, 4) is 0 Å². The number of fused-ring (bicyclic) bond motifs is 3. The highest BCUT2D eigenvalue weighted by atomic mass is 16.1. The van der Waals surface area contributed by atoms with Gasteiger partial charge in [0.1, 0.15) is 5.65 Å². The molecule has 1 fully saturated rings. The summed E-state index contributed by atoms with van der Waals surface area (Å²) in [5.74, 6) is 0.497. The van der Waals surface area contributed by atoms with Gasteiger partial charge < -0.3 is 15.0 Å². The molecule has 0 unspecified atom stereocenters. The van der Waals surface area contributed by atoms with Crippen molar-refractivity contribution in [2.24, 2.45) is 5.10 Å². The van der Waals surface area contributed by atoms with E-state index in [1.54, 1.807) is 0 Å². The number of aromatic amines is 3. The van der Waals surface area contributed by atoms with E-state index in [9.17, 15) is 9.59 Å². The molecule has 4 N–H and O–H groups in total. The third kappa shape index (κ3) is 4.61. The quantitative estimate of drug-likeness (QED) is 0.495. The molecule has 29 heavy (non-hydrogen) atoms. The number of aromatic nitrogens is 5. The van der Waals surface area contributed by atoms with E-state index in [1.165, 1.54) is 67.8 Å². The molecule has 0 aromatic carbocycles. The lowest BCUT2D eigenvalue weighted by molar-refractivity contribution is 0.665. The molecule has 1 saturated carbocycles. The fourth-order valence-corrected chi connectivity index (χ4v) is 3.87. The summed E-state index contributed by atoms with van der Waals surface area (Å²) in [6.07, 6.45) is 13.1. The van der Waals surface area contributed by atoms with Gasteiger partial charge in [-0.1, -0.05) is 6.42 Å². The second kappa shape index (κ2) is 8.85. The summed E-state index contributed by atoms with van der Waals surface area (Å²) in [5.41, 5.74) is 6.91. The summed E-state index contributed by atoms with van der Waals surface area (Å²) in [7, 11) is 0. The number of nitrogens with zero attached hydrogens (tertiary/aromatic N) is 3. The van der Waals surface area contributed by atoms with Crippen LogP contribution in [0.3, 0.4) is 0 Å². The third-order valence-electron chi connectivity index (χ3n) is 5.33. The molecule has 9 heteroatoms. The summed E-state index contributed by atoms with van der Waals surface area (Å²) < 4.78 is 0. The van der Waals surface area contributed by atoms with Crippen LogP contribution in [0.15, 0.2) is 33.4 Å². The zero-order chi connectivity index (χ0) is 20.1. The molecule has 0 aliphatic heterocycles. The van der Waals surface area contributed by atoms with Crippen LogP contribution in [0.25, 0.3) is 11.0 Å². The minimum Gasteiger partial charge on any atom is -0.343 e. The standard InChI is InChI=1S/C10H14N4O.C10H11N3O/c15-10-6-9(11-7-12-10)14-13-8-4-2-1-3-5-8;14-10-8-6-3-1-2-4-7(6)13-9(8)11-5-12-10/h6-7H,1-5H2,(H2,11,12,14,15);5H,1-4H2,(H2,11,12,13,14). The van der Waals surface area contributed by atoms with Gasteiger partial charge >= 0.3 is 0 Å². The molecule has 2 aliphatic rings. The van der Waals surface area contributed by atoms with Gasteiger partial charge in [0.15, 0.2) is 5.82 Å². The van der Waals surface area contributed by atoms with Gasteiger partial charge in [-0.15, -0.1) is 0 Å². The van der Waals surface area contributed by atoms with Gasteiger partial charge in [-0.25, -0.2) is 9.97 Å². The zero-order valence-electron chi connectivity index (χ0n) is 16.3. The number of anilines is 1. The fourth-order valence-electron chi connectivity index (χ4n) is 3.87. The monoisotopic (exact) mass is 395 g/mol. The molecular formula is C20H25N7O2.